The van der Waals surface area contributed by atoms with Crippen LogP contribution in [0.4, 0.5) is 0 Å². The first-order valence-corrected chi connectivity index (χ1v) is 4.16. The Hall–Kier alpha value is -1.02. The molecule has 1 heterocycles. The molecular weight excluding hydrogens is 150 g/mol. The summed E-state index contributed by atoms with van der Waals surface area (Å²) in [6, 6.07) is 1.93. The Morgan fingerprint density at radius 3 is 2.83 bits per heavy atom. The molecule has 0 atom stereocenters. The minimum Gasteiger partial charge on any atom is -0.472 e. The molecule has 2 heteroatoms. The zero-order valence-electron chi connectivity index (χ0n) is 7.58. The van der Waals surface area contributed by atoms with Crippen molar-refractivity contribution < 1.29 is 4.42 Å². The van der Waals surface area contributed by atoms with Gasteiger partial charge in [-0.2, -0.15) is 0 Å². The summed E-state index contributed by atoms with van der Waals surface area (Å²) in [4.78, 5) is 0. The lowest BCUT2D eigenvalue weighted by Gasteiger charge is -2.06. The standard InChI is InChI=1S/C10H15NO/c1-8(2)10(6-11)5-9-3-4-12-7-9/h3-5,7-8H,6,11H2,1-2H3. The van der Waals surface area contributed by atoms with Crippen molar-refractivity contribution in [2.75, 3.05) is 6.54 Å². The number of hydrogen-bond acceptors (Lipinski definition) is 2. The van der Waals surface area contributed by atoms with Gasteiger partial charge in [-0.25, -0.2) is 0 Å². The third-order valence-electron chi connectivity index (χ3n) is 1.87. The molecule has 66 valence electrons. The highest BCUT2D eigenvalue weighted by molar-refractivity contribution is 5.51. The van der Waals surface area contributed by atoms with Gasteiger partial charge in [0, 0.05) is 12.1 Å². The monoisotopic (exact) mass is 165 g/mol. The van der Waals surface area contributed by atoms with E-state index in [1.54, 1.807) is 12.5 Å². The number of nitrogens with two attached hydrogens (primary N) is 1. The zero-order chi connectivity index (χ0) is 8.97. The first-order chi connectivity index (χ1) is 5.74. The van der Waals surface area contributed by atoms with Crippen molar-refractivity contribution >= 4 is 6.08 Å². The Morgan fingerprint density at radius 1 is 1.67 bits per heavy atom. The molecule has 0 aliphatic carbocycles. The highest BCUT2D eigenvalue weighted by Crippen LogP contribution is 2.13. The molecule has 12 heavy (non-hydrogen) atoms. The molecule has 0 unspecified atom stereocenters. The maximum absolute atomic E-state index is 5.59. The predicted molar refractivity (Wildman–Crippen MR) is 50.6 cm³/mol. The lowest BCUT2D eigenvalue weighted by molar-refractivity contribution is 0.566. The Labute approximate surface area is 73.1 Å². The lowest BCUT2D eigenvalue weighted by atomic mass is 10.0. The molecule has 1 aromatic rings. The third kappa shape index (κ3) is 2.24. The Kier molecular flexibility index (Phi) is 3.11. The molecule has 0 saturated carbocycles. The fraction of sp³-hybridized carbons (Fsp3) is 0.400. The first kappa shape index (κ1) is 9.07. The van der Waals surface area contributed by atoms with Crippen LogP contribution in [0.2, 0.25) is 0 Å². The normalized spacial score (nSPS) is 12.5. The summed E-state index contributed by atoms with van der Waals surface area (Å²) >= 11 is 0. The van der Waals surface area contributed by atoms with Crippen molar-refractivity contribution in [2.24, 2.45) is 11.7 Å². The fourth-order valence-corrected chi connectivity index (χ4v) is 1.03. The molecule has 0 spiro atoms. The van der Waals surface area contributed by atoms with E-state index in [0.717, 1.165) is 5.56 Å². The van der Waals surface area contributed by atoms with Crippen LogP contribution in [0, 0.1) is 5.92 Å². The van der Waals surface area contributed by atoms with Crippen molar-refractivity contribution in [1.29, 1.82) is 0 Å². The van der Waals surface area contributed by atoms with Gasteiger partial charge in [-0.1, -0.05) is 25.5 Å². The molecule has 0 bridgehead atoms. The van der Waals surface area contributed by atoms with E-state index in [-0.39, 0.29) is 0 Å². The summed E-state index contributed by atoms with van der Waals surface area (Å²) in [5.74, 6) is 0.505. The largest absolute Gasteiger partial charge is 0.472 e. The third-order valence-corrected chi connectivity index (χ3v) is 1.87. The quantitative estimate of drug-likeness (QED) is 0.746. The second-order valence-corrected chi connectivity index (χ2v) is 3.13. The van der Waals surface area contributed by atoms with Gasteiger partial charge in [0.05, 0.1) is 12.5 Å². The van der Waals surface area contributed by atoms with E-state index in [9.17, 15) is 0 Å². The minimum absolute atomic E-state index is 0.505. The van der Waals surface area contributed by atoms with E-state index in [1.807, 2.05) is 6.07 Å². The van der Waals surface area contributed by atoms with E-state index in [0.29, 0.717) is 12.5 Å². The van der Waals surface area contributed by atoms with Gasteiger partial charge < -0.3 is 10.2 Å². The topological polar surface area (TPSA) is 39.2 Å². The average molecular weight is 165 g/mol. The van der Waals surface area contributed by atoms with Gasteiger partial charge in [0.25, 0.3) is 0 Å². The smallest absolute Gasteiger partial charge is 0.0974 e. The van der Waals surface area contributed by atoms with Crippen LogP contribution in [0.25, 0.3) is 6.08 Å². The van der Waals surface area contributed by atoms with Crippen LogP contribution in [0.5, 0.6) is 0 Å². The van der Waals surface area contributed by atoms with Gasteiger partial charge in [0.15, 0.2) is 0 Å². The molecule has 2 nitrogen and oxygen atoms in total. The summed E-state index contributed by atoms with van der Waals surface area (Å²) in [5, 5.41) is 0. The van der Waals surface area contributed by atoms with Crippen LogP contribution >= 0.6 is 0 Å². The fourth-order valence-electron chi connectivity index (χ4n) is 1.03. The van der Waals surface area contributed by atoms with Crippen LogP contribution < -0.4 is 5.73 Å². The van der Waals surface area contributed by atoms with E-state index in [1.165, 1.54) is 5.57 Å². The first-order valence-electron chi connectivity index (χ1n) is 4.16. The molecule has 0 radical (unpaired) electrons. The molecular formula is C10H15NO. The highest BCUT2D eigenvalue weighted by Gasteiger charge is 2.00. The maximum atomic E-state index is 5.59. The lowest BCUT2D eigenvalue weighted by Crippen LogP contribution is -2.07. The van der Waals surface area contributed by atoms with E-state index in [4.69, 9.17) is 10.2 Å². The molecule has 0 amide bonds. The second kappa shape index (κ2) is 4.12. The summed E-state index contributed by atoms with van der Waals surface area (Å²) in [5.41, 5.74) is 7.93. The van der Waals surface area contributed by atoms with Gasteiger partial charge in [-0.3, -0.25) is 0 Å². The van der Waals surface area contributed by atoms with Crippen molar-refractivity contribution in [3.8, 4) is 0 Å². The second-order valence-electron chi connectivity index (χ2n) is 3.13. The summed E-state index contributed by atoms with van der Waals surface area (Å²) in [6.45, 7) is 4.89. The number of hydrogen-bond donors (Lipinski definition) is 1. The van der Waals surface area contributed by atoms with Crippen molar-refractivity contribution in [3.63, 3.8) is 0 Å². The predicted octanol–water partition coefficient (Wildman–Crippen LogP) is 2.28. The molecule has 0 fully saturated rings. The van der Waals surface area contributed by atoms with Gasteiger partial charge in [0.2, 0.25) is 0 Å². The molecule has 2 N–H and O–H groups in total. The number of rotatable bonds is 3. The van der Waals surface area contributed by atoms with Gasteiger partial charge in [-0.05, 0) is 12.0 Å². The maximum Gasteiger partial charge on any atom is 0.0974 e. The Morgan fingerprint density at radius 2 is 2.42 bits per heavy atom. The minimum atomic E-state index is 0.505. The summed E-state index contributed by atoms with van der Waals surface area (Å²) in [6.07, 6.45) is 5.46. The van der Waals surface area contributed by atoms with Crippen molar-refractivity contribution in [1.82, 2.24) is 0 Å². The highest BCUT2D eigenvalue weighted by atomic mass is 16.3. The Bertz CT molecular complexity index is 247. The van der Waals surface area contributed by atoms with Crippen LogP contribution in [-0.4, -0.2) is 6.54 Å². The van der Waals surface area contributed by atoms with Gasteiger partial charge in [0.1, 0.15) is 0 Å². The van der Waals surface area contributed by atoms with Crippen LogP contribution in [0.1, 0.15) is 19.4 Å². The summed E-state index contributed by atoms with van der Waals surface area (Å²) in [7, 11) is 0. The molecule has 0 aliphatic heterocycles. The molecule has 0 aromatic carbocycles. The number of furan rings is 1. The molecule has 0 aliphatic rings. The van der Waals surface area contributed by atoms with E-state index < -0.39 is 0 Å². The van der Waals surface area contributed by atoms with Crippen LogP contribution in [0.15, 0.2) is 28.6 Å². The average Bonchev–Trinajstić information content (AvgIpc) is 2.51. The zero-order valence-corrected chi connectivity index (χ0v) is 7.58. The van der Waals surface area contributed by atoms with E-state index in [2.05, 4.69) is 19.9 Å². The summed E-state index contributed by atoms with van der Waals surface area (Å²) < 4.78 is 4.95. The van der Waals surface area contributed by atoms with Crippen LogP contribution in [-0.2, 0) is 0 Å². The van der Waals surface area contributed by atoms with Crippen LogP contribution in [0.3, 0.4) is 0 Å². The van der Waals surface area contributed by atoms with Gasteiger partial charge >= 0.3 is 0 Å². The van der Waals surface area contributed by atoms with E-state index >= 15 is 0 Å². The molecule has 1 rings (SSSR count). The van der Waals surface area contributed by atoms with Gasteiger partial charge in [-0.15, -0.1) is 0 Å². The van der Waals surface area contributed by atoms with Crippen molar-refractivity contribution in [2.45, 2.75) is 13.8 Å². The molecule has 0 saturated heterocycles. The Balaban J connectivity index is 2.78. The SMILES string of the molecule is CC(C)C(=Cc1ccoc1)CN. The molecule has 1 aromatic heterocycles. The van der Waals surface area contributed by atoms with Crippen molar-refractivity contribution in [3.05, 3.63) is 29.7 Å².